The number of carboxylic acids is 1. The molecule has 108 valence electrons. The third-order valence-electron chi connectivity index (χ3n) is 3.60. The number of carbonyl (C=O) groups is 1. The molecule has 6 heteroatoms. The summed E-state index contributed by atoms with van der Waals surface area (Å²) in [6.07, 6.45) is 3.64. The number of aromatic carboxylic acids is 1. The van der Waals surface area contributed by atoms with Crippen LogP contribution in [-0.4, -0.2) is 34.1 Å². The van der Waals surface area contributed by atoms with Crippen LogP contribution in [0.15, 0.2) is 30.6 Å². The topological polar surface area (TPSA) is 66.3 Å². The minimum absolute atomic E-state index is 0.0321. The number of hydrogen-bond acceptors (Lipinski definition) is 4. The van der Waals surface area contributed by atoms with Gasteiger partial charge in [-0.05, 0) is 31.0 Å². The molecule has 0 atom stereocenters. The second kappa shape index (κ2) is 5.33. The molecule has 1 aliphatic rings. The van der Waals surface area contributed by atoms with Crippen molar-refractivity contribution in [1.29, 1.82) is 0 Å². The average Bonchev–Trinajstić information content (AvgIpc) is 3.31. The molecule has 5 nitrogen and oxygen atoms in total. The van der Waals surface area contributed by atoms with E-state index in [4.69, 9.17) is 16.7 Å². The molecule has 0 unspecified atom stereocenters. The van der Waals surface area contributed by atoms with Gasteiger partial charge in [0.2, 0.25) is 0 Å². The summed E-state index contributed by atoms with van der Waals surface area (Å²) in [5, 5.41) is 9.61. The van der Waals surface area contributed by atoms with Crippen molar-refractivity contribution in [3.05, 3.63) is 41.3 Å². The molecule has 0 aliphatic heterocycles. The summed E-state index contributed by atoms with van der Waals surface area (Å²) in [6, 6.07) is 7.67. The van der Waals surface area contributed by atoms with Crippen molar-refractivity contribution in [1.82, 2.24) is 9.97 Å². The quantitative estimate of drug-likeness (QED) is 0.940. The maximum absolute atomic E-state index is 11.0. The van der Waals surface area contributed by atoms with E-state index < -0.39 is 5.97 Å². The van der Waals surface area contributed by atoms with Gasteiger partial charge in [0.15, 0.2) is 5.69 Å². The molecule has 0 amide bonds. The fourth-order valence-corrected chi connectivity index (χ4v) is 2.56. The van der Waals surface area contributed by atoms with Crippen LogP contribution in [0.25, 0.3) is 11.3 Å². The zero-order chi connectivity index (χ0) is 15.0. The van der Waals surface area contributed by atoms with Crippen LogP contribution in [0.5, 0.6) is 0 Å². The van der Waals surface area contributed by atoms with Crippen LogP contribution in [-0.2, 0) is 0 Å². The van der Waals surface area contributed by atoms with Gasteiger partial charge in [0.05, 0.1) is 16.4 Å². The Morgan fingerprint density at radius 3 is 2.71 bits per heavy atom. The lowest BCUT2D eigenvalue weighted by Gasteiger charge is -2.20. The molecule has 1 aromatic carbocycles. The van der Waals surface area contributed by atoms with Crippen molar-refractivity contribution in [2.24, 2.45) is 0 Å². The molecule has 1 N–H and O–H groups in total. The molecule has 1 heterocycles. The Morgan fingerprint density at radius 1 is 1.33 bits per heavy atom. The Morgan fingerprint density at radius 2 is 2.10 bits per heavy atom. The van der Waals surface area contributed by atoms with Gasteiger partial charge in [-0.15, -0.1) is 0 Å². The van der Waals surface area contributed by atoms with Crippen molar-refractivity contribution in [3.63, 3.8) is 0 Å². The zero-order valence-electron chi connectivity index (χ0n) is 11.5. The van der Waals surface area contributed by atoms with E-state index in [9.17, 15) is 4.79 Å². The van der Waals surface area contributed by atoms with Crippen LogP contribution in [0.4, 0.5) is 5.69 Å². The largest absolute Gasteiger partial charge is 0.477 e. The Kier molecular flexibility index (Phi) is 3.51. The van der Waals surface area contributed by atoms with Gasteiger partial charge in [0.25, 0.3) is 0 Å². The van der Waals surface area contributed by atoms with E-state index in [2.05, 4.69) is 14.9 Å². The highest BCUT2D eigenvalue weighted by atomic mass is 35.5. The fraction of sp³-hybridized carbons (Fsp3) is 0.267. The predicted octanol–water partition coefficient (Wildman–Crippen LogP) is 3.09. The first-order valence-electron chi connectivity index (χ1n) is 6.64. The lowest BCUT2D eigenvalue weighted by molar-refractivity contribution is 0.0690. The lowest BCUT2D eigenvalue weighted by atomic mass is 10.1. The number of rotatable bonds is 4. The molecular weight excluding hydrogens is 290 g/mol. The van der Waals surface area contributed by atoms with Gasteiger partial charge in [-0.3, -0.25) is 0 Å². The maximum Gasteiger partial charge on any atom is 0.354 e. The minimum atomic E-state index is -1.07. The van der Waals surface area contributed by atoms with Crippen LogP contribution >= 0.6 is 11.6 Å². The molecule has 1 saturated carbocycles. The summed E-state index contributed by atoms with van der Waals surface area (Å²) in [5.41, 5.74) is 2.27. The second-order valence-electron chi connectivity index (χ2n) is 5.10. The highest BCUT2D eigenvalue weighted by Gasteiger charge is 2.27. The fourth-order valence-electron chi connectivity index (χ4n) is 2.24. The highest BCUT2D eigenvalue weighted by Crippen LogP contribution is 2.36. The molecule has 3 rings (SSSR count). The van der Waals surface area contributed by atoms with E-state index in [0.717, 1.165) is 11.3 Å². The lowest BCUT2D eigenvalue weighted by Crippen LogP contribution is -2.19. The third kappa shape index (κ3) is 2.83. The standard InChI is InChI=1S/C15H14ClN3O2/c1-19(10-3-4-10)14-5-2-9(6-11(14)16)12-7-13(15(20)21)18-8-17-12/h2,5-8,10H,3-4H2,1H3,(H,20,21). The smallest absolute Gasteiger partial charge is 0.354 e. The van der Waals surface area contributed by atoms with E-state index >= 15 is 0 Å². The first-order chi connectivity index (χ1) is 10.1. The summed E-state index contributed by atoms with van der Waals surface area (Å²) in [5.74, 6) is -1.07. The molecule has 0 spiro atoms. The predicted molar refractivity (Wildman–Crippen MR) is 80.9 cm³/mol. The number of aromatic nitrogens is 2. The third-order valence-corrected chi connectivity index (χ3v) is 3.91. The molecular formula is C15H14ClN3O2. The Hall–Kier alpha value is -2.14. The van der Waals surface area contributed by atoms with E-state index in [-0.39, 0.29) is 5.69 Å². The summed E-state index contributed by atoms with van der Waals surface area (Å²) in [4.78, 5) is 20.9. The van der Waals surface area contributed by atoms with Crippen molar-refractivity contribution >= 4 is 23.3 Å². The minimum Gasteiger partial charge on any atom is -0.477 e. The normalized spacial score (nSPS) is 14.0. The van der Waals surface area contributed by atoms with Crippen molar-refractivity contribution < 1.29 is 9.90 Å². The number of anilines is 1. The maximum atomic E-state index is 11.0. The SMILES string of the molecule is CN(c1ccc(-c2cc(C(=O)O)ncn2)cc1Cl)C1CC1. The summed E-state index contributed by atoms with van der Waals surface area (Å²) in [7, 11) is 2.03. The molecule has 21 heavy (non-hydrogen) atoms. The molecule has 1 aliphatic carbocycles. The number of benzene rings is 1. The summed E-state index contributed by atoms with van der Waals surface area (Å²) < 4.78 is 0. The number of halogens is 1. The number of nitrogens with zero attached hydrogens (tertiary/aromatic N) is 3. The molecule has 0 radical (unpaired) electrons. The number of carboxylic acid groups (broad SMARTS) is 1. The van der Waals surface area contributed by atoms with Gasteiger partial charge in [-0.1, -0.05) is 17.7 Å². The summed E-state index contributed by atoms with van der Waals surface area (Å²) >= 11 is 6.35. The van der Waals surface area contributed by atoms with Crippen LogP contribution in [0, 0.1) is 0 Å². The van der Waals surface area contributed by atoms with E-state index in [1.165, 1.54) is 25.2 Å². The van der Waals surface area contributed by atoms with Gasteiger partial charge >= 0.3 is 5.97 Å². The molecule has 1 fully saturated rings. The Labute approximate surface area is 127 Å². The second-order valence-corrected chi connectivity index (χ2v) is 5.51. The molecule has 2 aromatic rings. The Bertz CT molecular complexity index is 701. The molecule has 0 saturated heterocycles. The van der Waals surface area contributed by atoms with E-state index in [0.29, 0.717) is 16.8 Å². The average molecular weight is 304 g/mol. The van der Waals surface area contributed by atoms with Gasteiger partial charge < -0.3 is 10.0 Å². The highest BCUT2D eigenvalue weighted by molar-refractivity contribution is 6.33. The first-order valence-corrected chi connectivity index (χ1v) is 7.02. The monoisotopic (exact) mass is 303 g/mol. The zero-order valence-corrected chi connectivity index (χ0v) is 12.2. The number of hydrogen-bond donors (Lipinski definition) is 1. The van der Waals surface area contributed by atoms with Crippen LogP contribution < -0.4 is 4.90 Å². The van der Waals surface area contributed by atoms with Crippen molar-refractivity contribution in [2.75, 3.05) is 11.9 Å². The van der Waals surface area contributed by atoms with E-state index in [1.807, 2.05) is 25.2 Å². The first kappa shape index (κ1) is 13.8. The van der Waals surface area contributed by atoms with Crippen molar-refractivity contribution in [2.45, 2.75) is 18.9 Å². The molecule has 1 aromatic heterocycles. The van der Waals surface area contributed by atoms with Crippen molar-refractivity contribution in [3.8, 4) is 11.3 Å². The van der Waals surface area contributed by atoms with Gasteiger partial charge in [-0.2, -0.15) is 0 Å². The van der Waals surface area contributed by atoms with Gasteiger partial charge in [0.1, 0.15) is 6.33 Å². The van der Waals surface area contributed by atoms with E-state index in [1.54, 1.807) is 0 Å². The van der Waals surface area contributed by atoms with Crippen LogP contribution in [0.1, 0.15) is 23.3 Å². The van der Waals surface area contributed by atoms with Gasteiger partial charge in [0, 0.05) is 18.7 Å². The summed E-state index contributed by atoms with van der Waals surface area (Å²) in [6.45, 7) is 0. The van der Waals surface area contributed by atoms with Crippen LogP contribution in [0.3, 0.4) is 0 Å². The Balaban J connectivity index is 1.94. The van der Waals surface area contributed by atoms with Crippen LogP contribution in [0.2, 0.25) is 5.02 Å². The van der Waals surface area contributed by atoms with Gasteiger partial charge in [-0.25, -0.2) is 14.8 Å². The molecule has 0 bridgehead atoms.